The number of pyridine rings is 1. The molecule has 124 valence electrons. The summed E-state index contributed by atoms with van der Waals surface area (Å²) in [6, 6.07) is 12.0. The summed E-state index contributed by atoms with van der Waals surface area (Å²) in [5.74, 6) is -0.0930. The van der Waals surface area contributed by atoms with E-state index in [-0.39, 0.29) is 11.9 Å². The van der Waals surface area contributed by atoms with Crippen molar-refractivity contribution in [3.8, 4) is 0 Å². The molecule has 6 nitrogen and oxygen atoms in total. The summed E-state index contributed by atoms with van der Waals surface area (Å²) < 4.78 is 0. The molecule has 0 aliphatic carbocycles. The fraction of sp³-hybridized carbons (Fsp3) is 0.235. The first kappa shape index (κ1) is 16.3. The highest BCUT2D eigenvalue weighted by Crippen LogP contribution is 2.20. The number of urea groups is 1. The Hall–Kier alpha value is -2.60. The van der Waals surface area contributed by atoms with Crippen LogP contribution in [-0.4, -0.2) is 29.5 Å². The highest BCUT2D eigenvalue weighted by Gasteiger charge is 2.33. The van der Waals surface area contributed by atoms with Gasteiger partial charge >= 0.3 is 6.03 Å². The van der Waals surface area contributed by atoms with E-state index >= 15 is 0 Å². The van der Waals surface area contributed by atoms with E-state index in [1.54, 1.807) is 23.2 Å². The number of nitrogens with zero attached hydrogens (tertiary/aromatic N) is 2. The van der Waals surface area contributed by atoms with E-state index < -0.39 is 6.04 Å². The predicted molar refractivity (Wildman–Crippen MR) is 91.8 cm³/mol. The van der Waals surface area contributed by atoms with Gasteiger partial charge in [-0.3, -0.25) is 4.79 Å². The molecular weight excluding hydrogens is 328 g/mol. The van der Waals surface area contributed by atoms with Crippen molar-refractivity contribution in [1.82, 2.24) is 15.6 Å². The third kappa shape index (κ3) is 3.83. The van der Waals surface area contributed by atoms with Crippen molar-refractivity contribution >= 4 is 29.2 Å². The number of carbonyl (C=O) groups excluding carboxylic acids is 2. The molecule has 0 spiro atoms. The molecule has 1 atom stereocenters. The first-order valence-electron chi connectivity index (χ1n) is 7.65. The fourth-order valence-corrected chi connectivity index (χ4v) is 2.69. The van der Waals surface area contributed by atoms with Crippen LogP contribution in [0.2, 0.25) is 5.15 Å². The van der Waals surface area contributed by atoms with Gasteiger partial charge in [0, 0.05) is 25.0 Å². The van der Waals surface area contributed by atoms with Crippen LogP contribution in [-0.2, 0) is 11.3 Å². The van der Waals surface area contributed by atoms with E-state index in [0.717, 1.165) is 11.3 Å². The second kappa shape index (κ2) is 7.31. The zero-order valence-corrected chi connectivity index (χ0v) is 13.7. The zero-order chi connectivity index (χ0) is 16.9. The Balaban J connectivity index is 1.52. The van der Waals surface area contributed by atoms with Crippen molar-refractivity contribution in [2.45, 2.75) is 19.0 Å². The maximum atomic E-state index is 12.4. The Kier molecular flexibility index (Phi) is 4.96. The van der Waals surface area contributed by atoms with Crippen molar-refractivity contribution in [2.24, 2.45) is 0 Å². The highest BCUT2D eigenvalue weighted by molar-refractivity contribution is 6.29. The molecule has 7 heteroatoms. The van der Waals surface area contributed by atoms with Crippen LogP contribution in [0, 0.1) is 0 Å². The van der Waals surface area contributed by atoms with Gasteiger partial charge in [-0.2, -0.15) is 0 Å². The molecule has 3 rings (SSSR count). The van der Waals surface area contributed by atoms with Gasteiger partial charge in [-0.15, -0.1) is 0 Å². The van der Waals surface area contributed by atoms with Gasteiger partial charge in [0.2, 0.25) is 5.91 Å². The number of rotatable bonds is 4. The molecule has 1 saturated heterocycles. The summed E-state index contributed by atoms with van der Waals surface area (Å²) in [4.78, 5) is 30.0. The van der Waals surface area contributed by atoms with E-state index in [1.165, 1.54) is 0 Å². The molecule has 1 fully saturated rings. The van der Waals surface area contributed by atoms with Crippen molar-refractivity contribution in [2.75, 3.05) is 11.4 Å². The second-order valence-electron chi connectivity index (χ2n) is 5.48. The van der Waals surface area contributed by atoms with E-state index in [4.69, 9.17) is 11.6 Å². The number of anilines is 1. The van der Waals surface area contributed by atoms with E-state index in [1.807, 2.05) is 30.3 Å². The molecule has 2 N–H and O–H groups in total. The number of hydrogen-bond donors (Lipinski definition) is 2. The van der Waals surface area contributed by atoms with Crippen molar-refractivity contribution in [1.29, 1.82) is 0 Å². The number of benzene rings is 1. The van der Waals surface area contributed by atoms with Crippen LogP contribution >= 0.6 is 11.6 Å². The van der Waals surface area contributed by atoms with E-state index in [9.17, 15) is 9.59 Å². The number of nitrogens with one attached hydrogen (secondary N) is 2. The van der Waals surface area contributed by atoms with Crippen LogP contribution in [0.25, 0.3) is 0 Å². The molecule has 1 aromatic heterocycles. The average molecular weight is 345 g/mol. The third-order valence-corrected chi connectivity index (χ3v) is 4.04. The number of aromatic nitrogens is 1. The van der Waals surface area contributed by atoms with Crippen LogP contribution in [0.15, 0.2) is 48.7 Å². The summed E-state index contributed by atoms with van der Waals surface area (Å²) in [5, 5.41) is 5.84. The normalized spacial score (nSPS) is 17.0. The molecule has 2 aromatic rings. The molecule has 2 heterocycles. The molecule has 0 unspecified atom stereocenters. The Morgan fingerprint density at radius 2 is 2.04 bits per heavy atom. The predicted octanol–water partition coefficient (Wildman–Crippen LogP) is 2.34. The fourth-order valence-electron chi connectivity index (χ4n) is 2.58. The van der Waals surface area contributed by atoms with Crippen molar-refractivity contribution in [3.63, 3.8) is 0 Å². The largest absolute Gasteiger partial charge is 0.334 e. The lowest BCUT2D eigenvalue weighted by Gasteiger charge is -2.17. The summed E-state index contributed by atoms with van der Waals surface area (Å²) in [5.41, 5.74) is 1.68. The summed E-state index contributed by atoms with van der Waals surface area (Å²) in [6.45, 7) is 0.911. The highest BCUT2D eigenvalue weighted by atomic mass is 35.5. The monoisotopic (exact) mass is 344 g/mol. The van der Waals surface area contributed by atoms with Gasteiger partial charge in [0.25, 0.3) is 0 Å². The average Bonchev–Trinajstić information content (AvgIpc) is 2.96. The SMILES string of the molecule is O=C(NCc1ccc(Cl)nc1)N[C@H]1CCN(c2ccccc2)C1=O. The minimum absolute atomic E-state index is 0.0930. The van der Waals surface area contributed by atoms with Gasteiger partial charge < -0.3 is 15.5 Å². The van der Waals surface area contributed by atoms with Gasteiger partial charge in [-0.05, 0) is 30.2 Å². The van der Waals surface area contributed by atoms with E-state index in [2.05, 4.69) is 15.6 Å². The quantitative estimate of drug-likeness (QED) is 0.836. The van der Waals surface area contributed by atoms with Crippen LogP contribution in [0.1, 0.15) is 12.0 Å². The number of halogens is 1. The molecule has 1 aromatic carbocycles. The molecular formula is C17H17ClN4O2. The topological polar surface area (TPSA) is 74.3 Å². The van der Waals surface area contributed by atoms with Gasteiger partial charge in [0.05, 0.1) is 0 Å². The number of para-hydroxylation sites is 1. The molecule has 1 aliphatic rings. The minimum atomic E-state index is -0.506. The number of hydrogen-bond acceptors (Lipinski definition) is 3. The first-order valence-corrected chi connectivity index (χ1v) is 8.02. The Morgan fingerprint density at radius 3 is 2.75 bits per heavy atom. The first-order chi connectivity index (χ1) is 11.6. The maximum Gasteiger partial charge on any atom is 0.315 e. The number of carbonyl (C=O) groups is 2. The van der Waals surface area contributed by atoms with Crippen molar-refractivity contribution < 1.29 is 9.59 Å². The minimum Gasteiger partial charge on any atom is -0.334 e. The van der Waals surface area contributed by atoms with E-state index in [0.29, 0.717) is 24.7 Å². The third-order valence-electron chi connectivity index (χ3n) is 3.82. The zero-order valence-electron chi connectivity index (χ0n) is 12.9. The Bertz CT molecular complexity index is 721. The summed E-state index contributed by atoms with van der Waals surface area (Å²) in [7, 11) is 0. The molecule has 0 saturated carbocycles. The smallest absolute Gasteiger partial charge is 0.315 e. The number of amides is 3. The van der Waals surface area contributed by atoms with Gasteiger partial charge in [0.15, 0.2) is 0 Å². The second-order valence-corrected chi connectivity index (χ2v) is 5.87. The molecule has 0 bridgehead atoms. The lowest BCUT2D eigenvalue weighted by molar-refractivity contribution is -0.118. The summed E-state index contributed by atoms with van der Waals surface area (Å²) in [6.07, 6.45) is 2.18. The van der Waals surface area contributed by atoms with Gasteiger partial charge in [-0.1, -0.05) is 35.9 Å². The molecule has 1 aliphatic heterocycles. The summed E-state index contributed by atoms with van der Waals surface area (Å²) >= 11 is 5.72. The Morgan fingerprint density at radius 1 is 1.25 bits per heavy atom. The molecule has 3 amide bonds. The lowest BCUT2D eigenvalue weighted by atomic mass is 10.2. The van der Waals surface area contributed by atoms with Gasteiger partial charge in [-0.25, -0.2) is 9.78 Å². The maximum absolute atomic E-state index is 12.4. The molecule has 24 heavy (non-hydrogen) atoms. The van der Waals surface area contributed by atoms with Gasteiger partial charge in [0.1, 0.15) is 11.2 Å². The van der Waals surface area contributed by atoms with Crippen LogP contribution in [0.5, 0.6) is 0 Å². The van der Waals surface area contributed by atoms with Crippen LogP contribution < -0.4 is 15.5 Å². The Labute approximate surface area is 144 Å². The van der Waals surface area contributed by atoms with Crippen LogP contribution in [0.4, 0.5) is 10.5 Å². The molecule has 0 radical (unpaired) electrons. The standard InChI is InChI=1S/C17H17ClN4O2/c18-15-7-6-12(10-19-15)11-20-17(24)21-14-8-9-22(16(14)23)13-4-2-1-3-5-13/h1-7,10,14H,8-9,11H2,(H2,20,21,24)/t14-/m0/s1. The van der Waals surface area contributed by atoms with Crippen LogP contribution in [0.3, 0.4) is 0 Å². The van der Waals surface area contributed by atoms with Crippen molar-refractivity contribution in [3.05, 3.63) is 59.4 Å². The lowest BCUT2D eigenvalue weighted by Crippen LogP contribution is -2.45.